The highest BCUT2D eigenvalue weighted by Crippen LogP contribution is 2.52. The van der Waals surface area contributed by atoms with Gasteiger partial charge in [0.25, 0.3) is 0 Å². The second kappa shape index (κ2) is 7.96. The van der Waals surface area contributed by atoms with Gasteiger partial charge in [0.1, 0.15) is 0 Å². The maximum atomic E-state index is 5.27. The molecule has 6 aromatic carbocycles. The Kier molecular flexibility index (Phi) is 4.39. The Morgan fingerprint density at radius 3 is 2.15 bits per heavy atom. The van der Waals surface area contributed by atoms with E-state index in [0.29, 0.717) is 0 Å². The lowest BCUT2D eigenvalue weighted by molar-refractivity contribution is 0.666. The van der Waals surface area contributed by atoms with Crippen LogP contribution in [0.15, 0.2) is 127 Å². The molecule has 0 atom stereocenters. The summed E-state index contributed by atoms with van der Waals surface area (Å²) in [6.45, 7) is 4.73. The Morgan fingerprint density at radius 1 is 0.537 bits per heavy atom. The van der Waals surface area contributed by atoms with Crippen LogP contribution in [0.25, 0.3) is 66.4 Å². The quantitative estimate of drug-likeness (QED) is 0.220. The molecule has 0 spiro atoms. The van der Waals surface area contributed by atoms with E-state index in [4.69, 9.17) is 4.98 Å². The van der Waals surface area contributed by atoms with Gasteiger partial charge in [-0.3, -0.25) is 9.13 Å². The standard InChI is InChI=1S/C38H27N3/c1-38(2)31-16-8-6-14-26(31)28-21-20-24-22-30-27-15-7-10-18-33(27)41(35(30)23-29(24)36(28)38)37-39-32-17-9-11-19-34(32)40(37)25-12-4-3-5-13-25/h3-23H,1-2H3. The zero-order valence-corrected chi connectivity index (χ0v) is 23.0. The summed E-state index contributed by atoms with van der Waals surface area (Å²) < 4.78 is 4.66. The van der Waals surface area contributed by atoms with Crippen LogP contribution in [0.2, 0.25) is 0 Å². The van der Waals surface area contributed by atoms with Crippen molar-refractivity contribution in [2.24, 2.45) is 0 Å². The fourth-order valence-corrected chi connectivity index (χ4v) is 7.29. The first kappa shape index (κ1) is 22.6. The van der Waals surface area contributed by atoms with Gasteiger partial charge in [-0.1, -0.05) is 98.8 Å². The van der Waals surface area contributed by atoms with Gasteiger partial charge in [-0.2, -0.15) is 0 Å². The summed E-state index contributed by atoms with van der Waals surface area (Å²) >= 11 is 0. The number of aromatic nitrogens is 3. The molecule has 1 aliphatic carbocycles. The molecule has 0 bridgehead atoms. The Morgan fingerprint density at radius 2 is 1.27 bits per heavy atom. The average Bonchev–Trinajstić information content (AvgIpc) is 3.62. The van der Waals surface area contributed by atoms with Crippen molar-refractivity contribution in [2.75, 3.05) is 0 Å². The van der Waals surface area contributed by atoms with Crippen LogP contribution in [0.5, 0.6) is 0 Å². The molecule has 9 rings (SSSR count). The maximum absolute atomic E-state index is 5.27. The van der Waals surface area contributed by atoms with Crippen molar-refractivity contribution in [2.45, 2.75) is 19.3 Å². The van der Waals surface area contributed by atoms with Gasteiger partial charge in [0.15, 0.2) is 0 Å². The van der Waals surface area contributed by atoms with E-state index in [2.05, 4.69) is 150 Å². The molecule has 0 aliphatic heterocycles. The Balaban J connectivity index is 1.45. The van der Waals surface area contributed by atoms with Crippen LogP contribution in [0.3, 0.4) is 0 Å². The summed E-state index contributed by atoms with van der Waals surface area (Å²) in [5.74, 6) is 0.901. The lowest BCUT2D eigenvalue weighted by atomic mass is 9.80. The molecule has 0 N–H and O–H groups in total. The SMILES string of the molecule is CC1(C)c2ccccc2-c2ccc3cc4c5ccccc5n(-c5nc6ccccc6n5-c5ccccc5)c4cc3c21. The maximum Gasteiger partial charge on any atom is 0.220 e. The van der Waals surface area contributed by atoms with Gasteiger partial charge in [0.2, 0.25) is 5.95 Å². The smallest absolute Gasteiger partial charge is 0.220 e. The van der Waals surface area contributed by atoms with E-state index in [9.17, 15) is 0 Å². The fourth-order valence-electron chi connectivity index (χ4n) is 7.29. The number of rotatable bonds is 2. The first-order valence-corrected chi connectivity index (χ1v) is 14.2. The topological polar surface area (TPSA) is 22.8 Å². The summed E-state index contributed by atoms with van der Waals surface area (Å²) in [6, 6.07) is 46.0. The van der Waals surface area contributed by atoms with E-state index in [0.717, 1.165) is 28.2 Å². The molecular weight excluding hydrogens is 498 g/mol. The number of hydrogen-bond acceptors (Lipinski definition) is 1. The van der Waals surface area contributed by atoms with Crippen molar-refractivity contribution in [1.29, 1.82) is 0 Å². The molecule has 0 amide bonds. The van der Waals surface area contributed by atoms with Crippen molar-refractivity contribution in [1.82, 2.24) is 14.1 Å². The summed E-state index contributed by atoms with van der Waals surface area (Å²) in [6.07, 6.45) is 0. The zero-order chi connectivity index (χ0) is 27.3. The molecule has 0 radical (unpaired) electrons. The molecule has 2 aromatic heterocycles. The molecule has 0 saturated heterocycles. The minimum Gasteiger partial charge on any atom is -0.279 e. The molecule has 8 aromatic rings. The summed E-state index contributed by atoms with van der Waals surface area (Å²) in [7, 11) is 0. The van der Waals surface area contributed by atoms with Crippen LogP contribution in [-0.4, -0.2) is 14.1 Å². The summed E-state index contributed by atoms with van der Waals surface area (Å²) in [4.78, 5) is 5.27. The van der Waals surface area contributed by atoms with Crippen molar-refractivity contribution >= 4 is 43.6 Å². The van der Waals surface area contributed by atoms with Gasteiger partial charge in [0.05, 0.1) is 22.1 Å². The third kappa shape index (κ3) is 2.95. The molecule has 194 valence electrons. The molecule has 0 saturated carbocycles. The van der Waals surface area contributed by atoms with Gasteiger partial charge >= 0.3 is 0 Å². The van der Waals surface area contributed by atoms with E-state index in [1.807, 2.05) is 0 Å². The van der Waals surface area contributed by atoms with E-state index >= 15 is 0 Å². The van der Waals surface area contributed by atoms with E-state index in [-0.39, 0.29) is 5.41 Å². The van der Waals surface area contributed by atoms with Crippen molar-refractivity contribution in [3.8, 4) is 22.8 Å². The van der Waals surface area contributed by atoms with E-state index < -0.39 is 0 Å². The second-order valence-electron chi connectivity index (χ2n) is 11.7. The number of imidazole rings is 1. The van der Waals surface area contributed by atoms with Crippen LogP contribution in [-0.2, 0) is 5.41 Å². The Labute approximate surface area is 237 Å². The Bertz CT molecular complexity index is 2330. The highest BCUT2D eigenvalue weighted by molar-refractivity contribution is 6.15. The van der Waals surface area contributed by atoms with Gasteiger partial charge in [-0.05, 0) is 75.5 Å². The number of fused-ring (bicyclic) bond motifs is 9. The van der Waals surface area contributed by atoms with Gasteiger partial charge in [-0.25, -0.2) is 4.98 Å². The third-order valence-electron chi connectivity index (χ3n) is 9.09. The van der Waals surface area contributed by atoms with Crippen molar-refractivity contribution in [3.63, 3.8) is 0 Å². The van der Waals surface area contributed by atoms with Gasteiger partial charge in [-0.15, -0.1) is 0 Å². The number of benzene rings is 6. The van der Waals surface area contributed by atoms with Gasteiger partial charge in [0, 0.05) is 21.9 Å². The minimum absolute atomic E-state index is 0.0901. The second-order valence-corrected chi connectivity index (χ2v) is 11.7. The molecule has 1 aliphatic rings. The highest BCUT2D eigenvalue weighted by atomic mass is 15.2. The lowest BCUT2D eigenvalue weighted by Crippen LogP contribution is -2.15. The van der Waals surface area contributed by atoms with Crippen LogP contribution >= 0.6 is 0 Å². The molecule has 41 heavy (non-hydrogen) atoms. The fraction of sp³-hybridized carbons (Fsp3) is 0.0789. The van der Waals surface area contributed by atoms with Crippen molar-refractivity contribution in [3.05, 3.63) is 139 Å². The number of hydrogen-bond donors (Lipinski definition) is 0. The molecule has 2 heterocycles. The van der Waals surface area contributed by atoms with Crippen LogP contribution in [0.4, 0.5) is 0 Å². The van der Waals surface area contributed by atoms with Gasteiger partial charge < -0.3 is 0 Å². The molecule has 0 unspecified atom stereocenters. The highest BCUT2D eigenvalue weighted by Gasteiger charge is 2.36. The monoisotopic (exact) mass is 525 g/mol. The van der Waals surface area contributed by atoms with Crippen LogP contribution < -0.4 is 0 Å². The van der Waals surface area contributed by atoms with Crippen LogP contribution in [0, 0.1) is 0 Å². The number of para-hydroxylation sites is 4. The summed E-state index contributed by atoms with van der Waals surface area (Å²) in [5, 5.41) is 5.06. The molecule has 0 fully saturated rings. The first-order chi connectivity index (χ1) is 20.1. The molecule has 3 nitrogen and oxygen atoms in total. The normalized spacial score (nSPS) is 13.8. The average molecular weight is 526 g/mol. The molecular formula is C38H27N3. The van der Waals surface area contributed by atoms with Crippen molar-refractivity contribution < 1.29 is 0 Å². The van der Waals surface area contributed by atoms with E-state index in [1.54, 1.807) is 0 Å². The summed E-state index contributed by atoms with van der Waals surface area (Å²) in [5.41, 5.74) is 10.9. The lowest BCUT2D eigenvalue weighted by Gasteiger charge is -2.23. The first-order valence-electron chi connectivity index (χ1n) is 14.2. The van der Waals surface area contributed by atoms with Crippen LogP contribution in [0.1, 0.15) is 25.0 Å². The largest absolute Gasteiger partial charge is 0.279 e. The Hall–Kier alpha value is -5.15. The zero-order valence-electron chi connectivity index (χ0n) is 23.0. The third-order valence-corrected chi connectivity index (χ3v) is 9.09. The molecule has 3 heteroatoms. The minimum atomic E-state index is -0.0901. The predicted molar refractivity (Wildman–Crippen MR) is 170 cm³/mol. The van der Waals surface area contributed by atoms with E-state index in [1.165, 1.54) is 49.3 Å². The predicted octanol–water partition coefficient (Wildman–Crippen LogP) is 9.58. The number of nitrogens with zero attached hydrogens (tertiary/aromatic N) is 3.